The van der Waals surface area contributed by atoms with Crippen molar-refractivity contribution in [1.82, 2.24) is 0 Å². The number of rotatable bonds is 7. The summed E-state index contributed by atoms with van der Waals surface area (Å²) in [5.74, 6) is 1.89. The summed E-state index contributed by atoms with van der Waals surface area (Å²) in [6.45, 7) is 3.88. The highest BCUT2D eigenvalue weighted by Gasteiger charge is 2.31. The maximum absolute atomic E-state index is 11.9. The average molecular weight is 316 g/mol. The smallest absolute Gasteiger partial charge is 0.266 e. The van der Waals surface area contributed by atoms with Crippen LogP contribution >= 0.6 is 0 Å². The van der Waals surface area contributed by atoms with Crippen LogP contribution in [0.5, 0.6) is 0 Å². The molecule has 0 N–H and O–H groups in total. The first kappa shape index (κ1) is 17.9. The highest BCUT2D eigenvalue weighted by molar-refractivity contribution is 4.80. The third-order valence-electron chi connectivity index (χ3n) is 5.21. The summed E-state index contributed by atoms with van der Waals surface area (Å²) >= 11 is 0. The third-order valence-corrected chi connectivity index (χ3v) is 5.21. The molecular weight excluding hydrogens is 286 g/mol. The van der Waals surface area contributed by atoms with Gasteiger partial charge in [0.15, 0.2) is 6.29 Å². The lowest BCUT2D eigenvalue weighted by Gasteiger charge is -2.37. The predicted molar refractivity (Wildman–Crippen MR) is 83.7 cm³/mol. The molecule has 0 radical (unpaired) electrons. The molecule has 2 aliphatic rings. The predicted octanol–water partition coefficient (Wildman–Crippen LogP) is 5.53. The minimum Gasteiger partial charge on any atom is -0.352 e. The molecule has 0 bridgehead atoms. The van der Waals surface area contributed by atoms with Crippen LogP contribution < -0.4 is 0 Å². The molecule has 4 heteroatoms. The second kappa shape index (κ2) is 9.61. The van der Waals surface area contributed by atoms with E-state index in [-0.39, 0.29) is 6.29 Å². The Morgan fingerprint density at radius 3 is 2.27 bits per heavy atom. The molecule has 1 saturated heterocycles. The monoisotopic (exact) mass is 316 g/mol. The number of hydrogen-bond acceptors (Lipinski definition) is 2. The zero-order chi connectivity index (χ0) is 15.8. The van der Waals surface area contributed by atoms with E-state index in [1.807, 2.05) is 0 Å². The lowest BCUT2D eigenvalue weighted by atomic mass is 9.79. The van der Waals surface area contributed by atoms with Gasteiger partial charge in [0.05, 0.1) is 13.2 Å². The summed E-state index contributed by atoms with van der Waals surface area (Å²) in [6.07, 6.45) is 9.11. The van der Waals surface area contributed by atoms with Gasteiger partial charge in [-0.1, -0.05) is 19.8 Å². The van der Waals surface area contributed by atoms with E-state index in [1.54, 1.807) is 0 Å². The van der Waals surface area contributed by atoms with E-state index < -0.39 is 6.08 Å². The van der Waals surface area contributed by atoms with Gasteiger partial charge in [-0.3, -0.25) is 0 Å². The summed E-state index contributed by atoms with van der Waals surface area (Å²) in [5, 5.41) is 0. The van der Waals surface area contributed by atoms with E-state index in [0.29, 0.717) is 18.3 Å². The SMILES string of the molecule is CCC1COC(C2CCC(CCCCC=C(F)F)CC2)OC1. The Kier molecular flexibility index (Phi) is 7.81. The number of ether oxygens (including phenoxy) is 2. The fraction of sp³-hybridized carbons (Fsp3) is 0.889. The number of unbranched alkanes of at least 4 members (excludes halogenated alkanes) is 2. The minimum atomic E-state index is -1.54. The Balaban J connectivity index is 1.57. The van der Waals surface area contributed by atoms with Crippen molar-refractivity contribution in [2.45, 2.75) is 71.0 Å². The van der Waals surface area contributed by atoms with Gasteiger partial charge in [-0.25, -0.2) is 0 Å². The molecule has 0 spiro atoms. The molecule has 2 nitrogen and oxygen atoms in total. The van der Waals surface area contributed by atoms with Crippen molar-refractivity contribution in [3.63, 3.8) is 0 Å². The largest absolute Gasteiger partial charge is 0.352 e. The molecule has 2 rings (SSSR count). The van der Waals surface area contributed by atoms with Gasteiger partial charge in [0.2, 0.25) is 0 Å². The van der Waals surface area contributed by atoms with Crippen LogP contribution in [0.4, 0.5) is 8.78 Å². The van der Waals surface area contributed by atoms with Gasteiger partial charge >= 0.3 is 0 Å². The van der Waals surface area contributed by atoms with Gasteiger partial charge in [0.1, 0.15) is 0 Å². The van der Waals surface area contributed by atoms with E-state index in [4.69, 9.17) is 9.47 Å². The molecule has 0 aromatic rings. The molecule has 1 heterocycles. The molecule has 0 unspecified atom stereocenters. The molecule has 128 valence electrons. The fourth-order valence-electron chi connectivity index (χ4n) is 3.60. The number of halogens is 2. The van der Waals surface area contributed by atoms with E-state index in [1.165, 1.54) is 32.1 Å². The highest BCUT2D eigenvalue weighted by Crippen LogP contribution is 2.36. The summed E-state index contributed by atoms with van der Waals surface area (Å²) in [6, 6.07) is 0. The number of hydrogen-bond donors (Lipinski definition) is 0. The zero-order valence-electron chi connectivity index (χ0n) is 13.7. The van der Waals surface area contributed by atoms with E-state index in [9.17, 15) is 8.78 Å². The molecule has 0 aromatic heterocycles. The normalized spacial score (nSPS) is 32.7. The second-order valence-electron chi connectivity index (χ2n) is 6.87. The van der Waals surface area contributed by atoms with Crippen molar-refractivity contribution in [2.75, 3.05) is 13.2 Å². The molecule has 2 fully saturated rings. The quantitative estimate of drug-likeness (QED) is 0.575. The van der Waals surface area contributed by atoms with Gasteiger partial charge in [-0.15, -0.1) is 0 Å². The van der Waals surface area contributed by atoms with Gasteiger partial charge in [0.25, 0.3) is 6.08 Å². The molecule has 22 heavy (non-hydrogen) atoms. The lowest BCUT2D eigenvalue weighted by molar-refractivity contribution is -0.229. The number of allylic oxidation sites excluding steroid dienone is 1. The lowest BCUT2D eigenvalue weighted by Crippen LogP contribution is -2.38. The van der Waals surface area contributed by atoms with Gasteiger partial charge < -0.3 is 9.47 Å². The van der Waals surface area contributed by atoms with Gasteiger partial charge in [-0.2, -0.15) is 8.78 Å². The summed E-state index contributed by atoms with van der Waals surface area (Å²) < 4.78 is 35.6. The second-order valence-corrected chi connectivity index (χ2v) is 6.87. The third kappa shape index (κ3) is 5.96. The molecule has 1 aliphatic carbocycles. The molecule has 1 saturated carbocycles. The van der Waals surface area contributed by atoms with Crippen LogP contribution in [0.2, 0.25) is 0 Å². The fourth-order valence-corrected chi connectivity index (χ4v) is 3.60. The van der Waals surface area contributed by atoms with Crippen LogP contribution in [0.3, 0.4) is 0 Å². The Morgan fingerprint density at radius 2 is 1.68 bits per heavy atom. The van der Waals surface area contributed by atoms with Crippen molar-refractivity contribution in [3.05, 3.63) is 12.2 Å². The first-order valence-electron chi connectivity index (χ1n) is 8.93. The summed E-state index contributed by atoms with van der Waals surface area (Å²) in [5.41, 5.74) is 0. The van der Waals surface area contributed by atoms with Crippen molar-refractivity contribution in [3.8, 4) is 0 Å². The molecular formula is C18H30F2O2. The standard InChI is InChI=1S/C18H30F2O2/c1-2-14-12-21-18(22-13-14)16-10-8-15(9-11-16)6-4-3-5-7-17(19)20/h7,14-16,18H,2-6,8-13H2,1H3. The molecule has 0 atom stereocenters. The van der Waals surface area contributed by atoms with Crippen molar-refractivity contribution in [2.24, 2.45) is 17.8 Å². The summed E-state index contributed by atoms with van der Waals surface area (Å²) in [4.78, 5) is 0. The van der Waals surface area contributed by atoms with E-state index in [2.05, 4.69) is 6.92 Å². The Hall–Kier alpha value is -0.480. The highest BCUT2D eigenvalue weighted by atomic mass is 19.3. The van der Waals surface area contributed by atoms with Crippen LogP contribution in [-0.4, -0.2) is 19.5 Å². The van der Waals surface area contributed by atoms with Crippen molar-refractivity contribution >= 4 is 0 Å². The Morgan fingerprint density at radius 1 is 1.00 bits per heavy atom. The minimum absolute atomic E-state index is 0.0152. The zero-order valence-corrected chi connectivity index (χ0v) is 13.7. The van der Waals surface area contributed by atoms with Crippen LogP contribution in [0.1, 0.15) is 64.7 Å². The van der Waals surface area contributed by atoms with Crippen molar-refractivity contribution in [1.29, 1.82) is 0 Å². The maximum atomic E-state index is 11.9. The Bertz CT molecular complexity index is 326. The van der Waals surface area contributed by atoms with Crippen LogP contribution in [0, 0.1) is 17.8 Å². The first-order valence-corrected chi connectivity index (χ1v) is 8.93. The first-order chi connectivity index (χ1) is 10.7. The topological polar surface area (TPSA) is 18.5 Å². The van der Waals surface area contributed by atoms with E-state index >= 15 is 0 Å². The van der Waals surface area contributed by atoms with Crippen LogP contribution in [0.15, 0.2) is 12.2 Å². The van der Waals surface area contributed by atoms with Crippen LogP contribution in [-0.2, 0) is 9.47 Å². The average Bonchev–Trinajstić information content (AvgIpc) is 2.55. The van der Waals surface area contributed by atoms with E-state index in [0.717, 1.165) is 44.5 Å². The Labute approximate surface area is 133 Å². The molecule has 1 aliphatic heterocycles. The summed E-state index contributed by atoms with van der Waals surface area (Å²) in [7, 11) is 0. The van der Waals surface area contributed by atoms with Gasteiger partial charge in [0, 0.05) is 11.8 Å². The maximum Gasteiger partial charge on any atom is 0.266 e. The van der Waals surface area contributed by atoms with Crippen molar-refractivity contribution < 1.29 is 18.3 Å². The molecule has 0 aromatic carbocycles. The van der Waals surface area contributed by atoms with Crippen LogP contribution in [0.25, 0.3) is 0 Å². The van der Waals surface area contributed by atoms with Gasteiger partial charge in [-0.05, 0) is 56.9 Å². The molecule has 0 amide bonds.